The van der Waals surface area contributed by atoms with Crippen LogP contribution in [0.2, 0.25) is 0 Å². The Kier molecular flexibility index (Phi) is 1.96. The van der Waals surface area contributed by atoms with Crippen molar-refractivity contribution in [3.05, 3.63) is 27.8 Å². The molecule has 0 aromatic heterocycles. The van der Waals surface area contributed by atoms with E-state index in [4.69, 9.17) is 11.5 Å². The van der Waals surface area contributed by atoms with Crippen LogP contribution in [0.5, 0.6) is 0 Å². The lowest BCUT2D eigenvalue weighted by Gasteiger charge is -2.15. The lowest BCUT2D eigenvalue weighted by molar-refractivity contribution is 0.100. The summed E-state index contributed by atoms with van der Waals surface area (Å²) in [5.41, 5.74) is 18.0. The van der Waals surface area contributed by atoms with Crippen molar-refractivity contribution >= 4 is 11.6 Å². The van der Waals surface area contributed by atoms with Crippen molar-refractivity contribution in [3.63, 3.8) is 0 Å². The first-order valence-electron chi connectivity index (χ1n) is 5.95. The fourth-order valence-electron chi connectivity index (χ4n) is 3.32. The average molecular weight is 216 g/mol. The largest absolute Gasteiger partial charge is 0.398 e. The topological polar surface area (TPSA) is 69.1 Å². The normalized spacial score (nSPS) is 17.2. The molecular formula is C13H16N2O. The number of primary amides is 1. The Hall–Kier alpha value is -1.51. The maximum Gasteiger partial charge on any atom is 0.251 e. The molecule has 0 fully saturated rings. The first-order chi connectivity index (χ1) is 7.70. The van der Waals surface area contributed by atoms with E-state index in [1.165, 1.54) is 16.7 Å². The molecule has 0 bridgehead atoms. The predicted molar refractivity (Wildman–Crippen MR) is 63.4 cm³/mol. The third kappa shape index (κ3) is 1.11. The Bertz CT molecular complexity index is 491. The SMILES string of the molecule is NC(=O)c1c(N)c2c(c3c1CCC3)CCC2. The molecule has 3 nitrogen and oxygen atoms in total. The Morgan fingerprint density at radius 3 is 2.00 bits per heavy atom. The number of hydrogen-bond acceptors (Lipinski definition) is 2. The molecule has 0 saturated carbocycles. The molecule has 0 heterocycles. The average Bonchev–Trinajstić information content (AvgIpc) is 2.82. The highest BCUT2D eigenvalue weighted by Crippen LogP contribution is 2.39. The van der Waals surface area contributed by atoms with E-state index in [0.29, 0.717) is 11.3 Å². The molecule has 2 aliphatic rings. The summed E-state index contributed by atoms with van der Waals surface area (Å²) in [5, 5.41) is 0. The number of benzene rings is 1. The van der Waals surface area contributed by atoms with Crippen molar-refractivity contribution in [1.82, 2.24) is 0 Å². The second-order valence-corrected chi connectivity index (χ2v) is 4.77. The second-order valence-electron chi connectivity index (χ2n) is 4.77. The highest BCUT2D eigenvalue weighted by Gasteiger charge is 2.29. The number of rotatable bonds is 1. The van der Waals surface area contributed by atoms with Gasteiger partial charge in [0.25, 0.3) is 5.91 Å². The van der Waals surface area contributed by atoms with Gasteiger partial charge in [0, 0.05) is 5.69 Å². The van der Waals surface area contributed by atoms with Gasteiger partial charge in [0.1, 0.15) is 0 Å². The molecule has 0 unspecified atom stereocenters. The Labute approximate surface area is 94.8 Å². The molecule has 1 amide bonds. The second kappa shape index (κ2) is 3.24. The van der Waals surface area contributed by atoms with Crippen molar-refractivity contribution in [2.75, 3.05) is 5.73 Å². The summed E-state index contributed by atoms with van der Waals surface area (Å²) in [6.45, 7) is 0. The first-order valence-corrected chi connectivity index (χ1v) is 5.95. The van der Waals surface area contributed by atoms with E-state index in [9.17, 15) is 4.79 Å². The van der Waals surface area contributed by atoms with Crippen LogP contribution in [0.15, 0.2) is 0 Å². The maximum atomic E-state index is 11.5. The molecule has 2 aliphatic carbocycles. The van der Waals surface area contributed by atoms with Gasteiger partial charge >= 0.3 is 0 Å². The lowest BCUT2D eigenvalue weighted by Crippen LogP contribution is -2.18. The smallest absolute Gasteiger partial charge is 0.251 e. The molecule has 16 heavy (non-hydrogen) atoms. The Morgan fingerprint density at radius 1 is 0.875 bits per heavy atom. The molecule has 3 rings (SSSR count). The molecule has 1 aromatic rings. The monoisotopic (exact) mass is 216 g/mol. The molecule has 0 spiro atoms. The van der Waals surface area contributed by atoms with Crippen molar-refractivity contribution in [2.45, 2.75) is 38.5 Å². The van der Waals surface area contributed by atoms with Gasteiger partial charge in [-0.3, -0.25) is 4.79 Å². The number of fused-ring (bicyclic) bond motifs is 3. The lowest BCUT2D eigenvalue weighted by atomic mass is 9.92. The zero-order chi connectivity index (χ0) is 11.3. The van der Waals surface area contributed by atoms with E-state index in [1.807, 2.05) is 0 Å². The predicted octanol–water partition coefficient (Wildman–Crippen LogP) is 1.35. The first kappa shape index (κ1) is 9.70. The fourth-order valence-corrected chi connectivity index (χ4v) is 3.32. The number of carbonyl (C=O) groups is 1. The van der Waals surface area contributed by atoms with Crippen molar-refractivity contribution in [3.8, 4) is 0 Å². The van der Waals surface area contributed by atoms with Crippen molar-refractivity contribution in [1.29, 1.82) is 0 Å². The van der Waals surface area contributed by atoms with E-state index < -0.39 is 0 Å². The van der Waals surface area contributed by atoms with Gasteiger partial charge in [-0.2, -0.15) is 0 Å². The number of amides is 1. The van der Waals surface area contributed by atoms with E-state index in [0.717, 1.165) is 44.1 Å². The third-order valence-corrected chi connectivity index (χ3v) is 3.94. The molecule has 0 aliphatic heterocycles. The van der Waals surface area contributed by atoms with E-state index in [1.54, 1.807) is 0 Å². The minimum atomic E-state index is -0.356. The van der Waals surface area contributed by atoms with Crippen LogP contribution in [0.3, 0.4) is 0 Å². The van der Waals surface area contributed by atoms with E-state index in [-0.39, 0.29) is 5.91 Å². The van der Waals surface area contributed by atoms with Crippen LogP contribution in [0, 0.1) is 0 Å². The summed E-state index contributed by atoms with van der Waals surface area (Å²) in [4.78, 5) is 11.5. The summed E-state index contributed by atoms with van der Waals surface area (Å²) in [6, 6.07) is 0. The molecule has 1 aromatic carbocycles. The van der Waals surface area contributed by atoms with Crippen LogP contribution >= 0.6 is 0 Å². The van der Waals surface area contributed by atoms with Crippen LogP contribution in [-0.2, 0) is 25.7 Å². The molecular weight excluding hydrogens is 200 g/mol. The minimum absolute atomic E-state index is 0.356. The standard InChI is InChI=1S/C13H16N2O/c14-12-10-6-2-4-8(10)7-3-1-5-9(7)11(12)13(15)16/h1-6,14H2,(H2,15,16). The fraction of sp³-hybridized carbons (Fsp3) is 0.462. The summed E-state index contributed by atoms with van der Waals surface area (Å²) in [7, 11) is 0. The Morgan fingerprint density at radius 2 is 1.38 bits per heavy atom. The number of nitrogens with two attached hydrogens (primary N) is 2. The van der Waals surface area contributed by atoms with Crippen LogP contribution in [0.25, 0.3) is 0 Å². The number of hydrogen-bond donors (Lipinski definition) is 2. The maximum absolute atomic E-state index is 11.5. The minimum Gasteiger partial charge on any atom is -0.398 e. The molecule has 3 heteroatoms. The van der Waals surface area contributed by atoms with E-state index >= 15 is 0 Å². The zero-order valence-corrected chi connectivity index (χ0v) is 9.31. The van der Waals surface area contributed by atoms with E-state index in [2.05, 4.69) is 0 Å². The highest BCUT2D eigenvalue weighted by atomic mass is 16.1. The van der Waals surface area contributed by atoms with Crippen LogP contribution in [-0.4, -0.2) is 5.91 Å². The van der Waals surface area contributed by atoms with Gasteiger partial charge in [-0.25, -0.2) is 0 Å². The van der Waals surface area contributed by atoms with Gasteiger partial charge in [-0.05, 0) is 60.8 Å². The molecule has 84 valence electrons. The quantitative estimate of drug-likeness (QED) is 0.696. The molecule has 0 radical (unpaired) electrons. The van der Waals surface area contributed by atoms with Gasteiger partial charge in [0.2, 0.25) is 0 Å². The summed E-state index contributed by atoms with van der Waals surface area (Å²) >= 11 is 0. The van der Waals surface area contributed by atoms with Crippen LogP contribution in [0.1, 0.15) is 45.5 Å². The Balaban J connectivity index is 2.35. The number of carbonyl (C=O) groups excluding carboxylic acids is 1. The van der Waals surface area contributed by atoms with Gasteiger partial charge in [-0.15, -0.1) is 0 Å². The molecule has 0 saturated heterocycles. The summed E-state index contributed by atoms with van der Waals surface area (Å²) < 4.78 is 0. The van der Waals surface area contributed by atoms with Gasteiger partial charge < -0.3 is 11.5 Å². The molecule has 4 N–H and O–H groups in total. The third-order valence-electron chi connectivity index (χ3n) is 3.94. The van der Waals surface area contributed by atoms with Gasteiger partial charge in [0.15, 0.2) is 0 Å². The summed E-state index contributed by atoms with van der Waals surface area (Å²) in [6.07, 6.45) is 6.48. The zero-order valence-electron chi connectivity index (χ0n) is 9.31. The molecule has 0 atom stereocenters. The number of nitrogen functional groups attached to an aromatic ring is 1. The van der Waals surface area contributed by atoms with Gasteiger partial charge in [0.05, 0.1) is 5.56 Å². The summed E-state index contributed by atoms with van der Waals surface area (Å²) in [5.74, 6) is -0.356. The highest BCUT2D eigenvalue weighted by molar-refractivity contribution is 6.01. The van der Waals surface area contributed by atoms with Gasteiger partial charge in [-0.1, -0.05) is 0 Å². The van der Waals surface area contributed by atoms with Crippen LogP contribution < -0.4 is 11.5 Å². The number of anilines is 1. The van der Waals surface area contributed by atoms with Crippen molar-refractivity contribution < 1.29 is 4.79 Å². The van der Waals surface area contributed by atoms with Crippen molar-refractivity contribution in [2.24, 2.45) is 5.73 Å². The van der Waals surface area contributed by atoms with Crippen LogP contribution in [0.4, 0.5) is 5.69 Å².